The Kier molecular flexibility index (Phi) is 5.49. The highest BCUT2D eigenvalue weighted by molar-refractivity contribution is 5.20. The molecule has 0 radical (unpaired) electrons. The molecule has 100 valence electrons. The van der Waals surface area contributed by atoms with Gasteiger partial charge in [-0.15, -0.1) is 0 Å². The van der Waals surface area contributed by atoms with Gasteiger partial charge in [-0.3, -0.25) is 4.90 Å². The molecule has 0 saturated carbocycles. The number of rotatable bonds is 5. The van der Waals surface area contributed by atoms with Crippen molar-refractivity contribution < 1.29 is 4.74 Å². The van der Waals surface area contributed by atoms with Crippen LogP contribution in [0.1, 0.15) is 13.3 Å². The Morgan fingerprint density at radius 3 is 2.50 bits per heavy atom. The molecule has 1 heterocycles. The fraction of sp³-hybridized carbons (Fsp3) is 0.600. The zero-order valence-electron chi connectivity index (χ0n) is 11.3. The summed E-state index contributed by atoms with van der Waals surface area (Å²) in [5.74, 6) is 0.975. The summed E-state index contributed by atoms with van der Waals surface area (Å²) in [4.78, 5) is 5.04. The lowest BCUT2D eigenvalue weighted by Crippen LogP contribution is -2.33. The second-order valence-corrected chi connectivity index (χ2v) is 4.79. The summed E-state index contributed by atoms with van der Waals surface area (Å²) in [5, 5.41) is 0. The molecule has 1 aliphatic heterocycles. The molecule has 0 bridgehead atoms. The summed E-state index contributed by atoms with van der Waals surface area (Å²) < 4.78 is 5.75. The van der Waals surface area contributed by atoms with Crippen molar-refractivity contribution in [2.24, 2.45) is 0 Å². The minimum absolute atomic E-state index is 0.788. The van der Waals surface area contributed by atoms with Crippen molar-refractivity contribution in [3.8, 4) is 5.75 Å². The van der Waals surface area contributed by atoms with Gasteiger partial charge in [0.2, 0.25) is 0 Å². The van der Waals surface area contributed by atoms with Crippen molar-refractivity contribution in [2.45, 2.75) is 13.3 Å². The molecule has 1 aromatic rings. The molecule has 0 amide bonds. The molecule has 18 heavy (non-hydrogen) atoms. The molecule has 0 aromatic heterocycles. The van der Waals surface area contributed by atoms with E-state index in [4.69, 9.17) is 4.74 Å². The van der Waals surface area contributed by atoms with E-state index >= 15 is 0 Å². The highest BCUT2D eigenvalue weighted by Crippen LogP contribution is 2.08. The average molecular weight is 248 g/mol. The molecule has 0 atom stereocenters. The molecular weight excluding hydrogens is 224 g/mol. The van der Waals surface area contributed by atoms with Crippen molar-refractivity contribution in [1.82, 2.24) is 9.80 Å². The minimum atomic E-state index is 0.788. The number of ether oxygens (including phenoxy) is 1. The third kappa shape index (κ3) is 4.31. The topological polar surface area (TPSA) is 15.7 Å². The van der Waals surface area contributed by atoms with Gasteiger partial charge in [-0.1, -0.05) is 25.1 Å². The Morgan fingerprint density at radius 1 is 1.00 bits per heavy atom. The van der Waals surface area contributed by atoms with Crippen LogP contribution in [0.5, 0.6) is 5.75 Å². The monoisotopic (exact) mass is 248 g/mol. The Labute approximate surface area is 110 Å². The first-order chi connectivity index (χ1) is 8.88. The van der Waals surface area contributed by atoms with Crippen LogP contribution in [0.15, 0.2) is 30.3 Å². The van der Waals surface area contributed by atoms with Crippen LogP contribution < -0.4 is 4.74 Å². The number of hydrogen-bond donors (Lipinski definition) is 0. The molecule has 3 nitrogen and oxygen atoms in total. The molecule has 0 N–H and O–H groups in total. The van der Waals surface area contributed by atoms with Crippen molar-refractivity contribution in [1.29, 1.82) is 0 Å². The lowest BCUT2D eigenvalue weighted by atomic mass is 10.3. The van der Waals surface area contributed by atoms with Gasteiger partial charge in [0.1, 0.15) is 12.4 Å². The van der Waals surface area contributed by atoms with Gasteiger partial charge in [-0.05, 0) is 38.2 Å². The van der Waals surface area contributed by atoms with E-state index in [9.17, 15) is 0 Å². The maximum atomic E-state index is 5.75. The molecule has 2 rings (SSSR count). The van der Waals surface area contributed by atoms with Crippen molar-refractivity contribution >= 4 is 0 Å². The Balaban J connectivity index is 1.67. The van der Waals surface area contributed by atoms with Gasteiger partial charge in [-0.2, -0.15) is 0 Å². The zero-order valence-corrected chi connectivity index (χ0v) is 11.3. The summed E-state index contributed by atoms with van der Waals surface area (Å²) in [6.45, 7) is 10.1. The molecule has 0 spiro atoms. The second kappa shape index (κ2) is 7.39. The van der Waals surface area contributed by atoms with Crippen LogP contribution in [0.25, 0.3) is 0 Å². The number of likely N-dealkylation sites (N-methyl/N-ethyl adjacent to an activating group) is 1. The van der Waals surface area contributed by atoms with Crippen molar-refractivity contribution in [3.05, 3.63) is 30.3 Å². The molecule has 1 aromatic carbocycles. The van der Waals surface area contributed by atoms with Crippen LogP contribution in [0, 0.1) is 0 Å². The van der Waals surface area contributed by atoms with Crippen LogP contribution in [0.4, 0.5) is 0 Å². The van der Waals surface area contributed by atoms with E-state index in [0.29, 0.717) is 0 Å². The molecule has 0 aliphatic carbocycles. The number of hydrogen-bond acceptors (Lipinski definition) is 3. The van der Waals surface area contributed by atoms with Gasteiger partial charge in [-0.25, -0.2) is 0 Å². The average Bonchev–Trinajstić information content (AvgIpc) is 2.65. The van der Waals surface area contributed by atoms with E-state index < -0.39 is 0 Å². The first kappa shape index (κ1) is 13.4. The van der Waals surface area contributed by atoms with Gasteiger partial charge < -0.3 is 9.64 Å². The third-order valence-corrected chi connectivity index (χ3v) is 3.55. The van der Waals surface area contributed by atoms with Gasteiger partial charge in [0.15, 0.2) is 0 Å². The maximum absolute atomic E-state index is 5.75. The lowest BCUT2D eigenvalue weighted by molar-refractivity contribution is 0.210. The predicted octanol–water partition coefficient (Wildman–Crippen LogP) is 2.09. The van der Waals surface area contributed by atoms with Crippen LogP contribution in [0.2, 0.25) is 0 Å². The molecule has 0 unspecified atom stereocenters. The number of para-hydroxylation sites is 1. The van der Waals surface area contributed by atoms with Crippen LogP contribution in [-0.2, 0) is 0 Å². The van der Waals surface area contributed by atoms with E-state index in [2.05, 4.69) is 16.7 Å². The Hall–Kier alpha value is -1.06. The first-order valence-corrected chi connectivity index (χ1v) is 7.01. The normalized spacial score (nSPS) is 18.5. The molecule has 1 fully saturated rings. The first-order valence-electron chi connectivity index (χ1n) is 7.01. The Bertz CT molecular complexity index is 329. The molecule has 3 heteroatoms. The summed E-state index contributed by atoms with van der Waals surface area (Å²) in [7, 11) is 0. The van der Waals surface area contributed by atoms with E-state index in [1.165, 1.54) is 39.1 Å². The summed E-state index contributed by atoms with van der Waals surface area (Å²) in [6.07, 6.45) is 1.28. The van der Waals surface area contributed by atoms with Gasteiger partial charge in [0.05, 0.1) is 0 Å². The smallest absolute Gasteiger partial charge is 0.119 e. The molecule has 1 saturated heterocycles. The quantitative estimate of drug-likeness (QED) is 0.793. The zero-order chi connectivity index (χ0) is 12.6. The van der Waals surface area contributed by atoms with Gasteiger partial charge in [0, 0.05) is 19.6 Å². The van der Waals surface area contributed by atoms with E-state index in [1.54, 1.807) is 0 Å². The highest BCUT2D eigenvalue weighted by atomic mass is 16.5. The summed E-state index contributed by atoms with van der Waals surface area (Å²) >= 11 is 0. The fourth-order valence-electron chi connectivity index (χ4n) is 2.37. The van der Waals surface area contributed by atoms with Crippen LogP contribution in [-0.4, -0.2) is 55.7 Å². The van der Waals surface area contributed by atoms with E-state index in [-0.39, 0.29) is 0 Å². The second-order valence-electron chi connectivity index (χ2n) is 4.79. The van der Waals surface area contributed by atoms with Crippen LogP contribution >= 0.6 is 0 Å². The largest absolute Gasteiger partial charge is 0.492 e. The fourth-order valence-corrected chi connectivity index (χ4v) is 2.37. The maximum Gasteiger partial charge on any atom is 0.119 e. The SMILES string of the molecule is CCN1CCCN(CCOc2ccccc2)CC1. The van der Waals surface area contributed by atoms with E-state index in [1.807, 2.05) is 30.3 Å². The van der Waals surface area contributed by atoms with E-state index in [0.717, 1.165) is 18.9 Å². The molecular formula is C15H24N2O. The summed E-state index contributed by atoms with van der Waals surface area (Å²) in [6, 6.07) is 10.1. The third-order valence-electron chi connectivity index (χ3n) is 3.55. The van der Waals surface area contributed by atoms with Crippen LogP contribution in [0.3, 0.4) is 0 Å². The Morgan fingerprint density at radius 2 is 1.72 bits per heavy atom. The number of nitrogens with zero attached hydrogens (tertiary/aromatic N) is 2. The molecule has 1 aliphatic rings. The lowest BCUT2D eigenvalue weighted by Gasteiger charge is -2.20. The minimum Gasteiger partial charge on any atom is -0.492 e. The number of benzene rings is 1. The highest BCUT2D eigenvalue weighted by Gasteiger charge is 2.12. The van der Waals surface area contributed by atoms with Crippen molar-refractivity contribution in [3.63, 3.8) is 0 Å². The van der Waals surface area contributed by atoms with Gasteiger partial charge in [0.25, 0.3) is 0 Å². The van der Waals surface area contributed by atoms with Crippen molar-refractivity contribution in [2.75, 3.05) is 45.9 Å². The summed E-state index contributed by atoms with van der Waals surface area (Å²) in [5.41, 5.74) is 0. The standard InChI is InChI=1S/C15H24N2O/c1-2-16-9-6-10-17(12-11-16)13-14-18-15-7-4-3-5-8-15/h3-5,7-8H,2,6,9-14H2,1H3. The van der Waals surface area contributed by atoms with Gasteiger partial charge >= 0.3 is 0 Å². The predicted molar refractivity (Wildman–Crippen MR) is 75.1 cm³/mol.